The van der Waals surface area contributed by atoms with Crippen LogP contribution in [0.4, 0.5) is 25.1 Å². The number of aliphatic hydroxyl groups excluding tert-OH is 1. The third-order valence-corrected chi connectivity index (χ3v) is 3.88. The predicted octanol–water partition coefficient (Wildman–Crippen LogP) is 3.47. The van der Waals surface area contributed by atoms with E-state index in [4.69, 9.17) is 0 Å². The molecule has 2 heterocycles. The molecule has 10 heteroatoms. The molecule has 2 aromatic heterocycles. The highest BCUT2D eigenvalue weighted by Gasteiger charge is 2.32. The van der Waals surface area contributed by atoms with Gasteiger partial charge < -0.3 is 15.7 Å². The topological polar surface area (TPSA) is 95.9 Å². The van der Waals surface area contributed by atoms with Crippen molar-refractivity contribution in [2.24, 2.45) is 5.92 Å². The van der Waals surface area contributed by atoms with Gasteiger partial charge in [0.15, 0.2) is 5.82 Å². The molecule has 150 valence electrons. The summed E-state index contributed by atoms with van der Waals surface area (Å²) in [7, 11) is 0. The molecule has 0 bridgehead atoms. The first-order valence-corrected chi connectivity index (χ1v) is 8.89. The Hall–Kier alpha value is -2.75. The third-order valence-electron chi connectivity index (χ3n) is 3.88. The van der Waals surface area contributed by atoms with E-state index in [1.807, 2.05) is 6.92 Å². The Labute approximate surface area is 160 Å². The standard InChI is InChI=1S/C18H21F3N6O/c1-10(8-12-6-7-12)23-17-26-15(25-16(27-17)22-9-11(2)28)13-4-3-5-14(24-13)18(19,20)21/h3-5,8,11-12,28H,6-7,9H2,1-2H3,(H2,22,23,25,26,27). The molecule has 1 aliphatic rings. The first-order valence-electron chi connectivity index (χ1n) is 8.89. The van der Waals surface area contributed by atoms with E-state index >= 15 is 0 Å². The number of alkyl halides is 3. The van der Waals surface area contributed by atoms with Gasteiger partial charge in [0.1, 0.15) is 11.4 Å². The van der Waals surface area contributed by atoms with Crippen molar-refractivity contribution in [2.45, 2.75) is 39.0 Å². The highest BCUT2D eigenvalue weighted by molar-refractivity contribution is 5.54. The average molecular weight is 394 g/mol. The zero-order chi connectivity index (χ0) is 20.3. The van der Waals surface area contributed by atoms with E-state index in [2.05, 4.69) is 36.6 Å². The number of rotatable bonds is 7. The van der Waals surface area contributed by atoms with E-state index in [9.17, 15) is 18.3 Å². The van der Waals surface area contributed by atoms with Crippen molar-refractivity contribution in [1.82, 2.24) is 19.9 Å². The minimum absolute atomic E-state index is 0.00378. The summed E-state index contributed by atoms with van der Waals surface area (Å²) in [6.45, 7) is 3.63. The van der Waals surface area contributed by atoms with Gasteiger partial charge in [0.25, 0.3) is 0 Å². The van der Waals surface area contributed by atoms with Crippen molar-refractivity contribution in [2.75, 3.05) is 17.2 Å². The second kappa shape index (κ2) is 8.09. The van der Waals surface area contributed by atoms with Crippen molar-refractivity contribution in [3.8, 4) is 11.5 Å². The van der Waals surface area contributed by atoms with Gasteiger partial charge in [0.05, 0.1) is 6.10 Å². The van der Waals surface area contributed by atoms with Gasteiger partial charge in [-0.05, 0) is 44.7 Å². The van der Waals surface area contributed by atoms with E-state index in [0.29, 0.717) is 5.92 Å². The van der Waals surface area contributed by atoms with Crippen LogP contribution in [0.2, 0.25) is 0 Å². The van der Waals surface area contributed by atoms with Crippen molar-refractivity contribution >= 4 is 11.9 Å². The molecule has 2 aromatic rings. The molecule has 0 aliphatic heterocycles. The van der Waals surface area contributed by atoms with Gasteiger partial charge >= 0.3 is 6.18 Å². The lowest BCUT2D eigenvalue weighted by Gasteiger charge is -2.12. The zero-order valence-electron chi connectivity index (χ0n) is 15.5. The van der Waals surface area contributed by atoms with Crippen LogP contribution in [-0.4, -0.2) is 37.7 Å². The van der Waals surface area contributed by atoms with Gasteiger partial charge in [-0.25, -0.2) is 4.98 Å². The fourth-order valence-corrected chi connectivity index (χ4v) is 2.42. The molecule has 0 aromatic carbocycles. The first-order chi connectivity index (χ1) is 13.2. The van der Waals surface area contributed by atoms with Crippen LogP contribution in [0.1, 0.15) is 32.4 Å². The maximum Gasteiger partial charge on any atom is 0.433 e. The summed E-state index contributed by atoms with van der Waals surface area (Å²) in [4.78, 5) is 16.2. The predicted molar refractivity (Wildman–Crippen MR) is 98.3 cm³/mol. The third kappa shape index (κ3) is 5.62. The summed E-state index contributed by atoms with van der Waals surface area (Å²) >= 11 is 0. The molecule has 7 nitrogen and oxygen atoms in total. The van der Waals surface area contributed by atoms with Gasteiger partial charge in [0.2, 0.25) is 11.9 Å². The number of nitrogens with zero attached hydrogens (tertiary/aromatic N) is 4. The lowest BCUT2D eigenvalue weighted by Crippen LogP contribution is -2.18. The van der Waals surface area contributed by atoms with Crippen LogP contribution in [0.3, 0.4) is 0 Å². The Morgan fingerprint density at radius 2 is 1.93 bits per heavy atom. The van der Waals surface area contributed by atoms with Gasteiger partial charge in [-0.1, -0.05) is 12.1 Å². The summed E-state index contributed by atoms with van der Waals surface area (Å²) in [6, 6.07) is 3.54. The Kier molecular flexibility index (Phi) is 5.78. The Morgan fingerprint density at radius 1 is 1.21 bits per heavy atom. The summed E-state index contributed by atoms with van der Waals surface area (Å²) < 4.78 is 38.9. The summed E-state index contributed by atoms with van der Waals surface area (Å²) in [5, 5.41) is 15.3. The molecular formula is C18H21F3N6O. The number of pyridine rings is 1. The number of hydrogen-bond donors (Lipinski definition) is 3. The van der Waals surface area contributed by atoms with E-state index in [1.165, 1.54) is 12.1 Å². The smallest absolute Gasteiger partial charge is 0.392 e. The fraction of sp³-hybridized carbons (Fsp3) is 0.444. The highest BCUT2D eigenvalue weighted by Crippen LogP contribution is 2.31. The number of anilines is 2. The molecule has 3 rings (SSSR count). The number of hydrogen-bond acceptors (Lipinski definition) is 7. The number of nitrogens with one attached hydrogen (secondary N) is 2. The lowest BCUT2D eigenvalue weighted by molar-refractivity contribution is -0.141. The maximum atomic E-state index is 13.0. The SMILES string of the molecule is CC(=CC1CC1)Nc1nc(NCC(C)O)nc(-c2cccc(C(F)(F)F)n2)n1. The van der Waals surface area contributed by atoms with Gasteiger partial charge in [-0.3, -0.25) is 0 Å². The molecular weight excluding hydrogens is 373 g/mol. The highest BCUT2D eigenvalue weighted by atomic mass is 19.4. The molecule has 0 spiro atoms. The molecule has 1 aliphatic carbocycles. The van der Waals surface area contributed by atoms with E-state index in [0.717, 1.165) is 24.6 Å². The van der Waals surface area contributed by atoms with Crippen molar-refractivity contribution in [3.63, 3.8) is 0 Å². The largest absolute Gasteiger partial charge is 0.433 e. The Morgan fingerprint density at radius 3 is 2.57 bits per heavy atom. The second-order valence-electron chi connectivity index (χ2n) is 6.75. The molecule has 0 amide bonds. The van der Waals surface area contributed by atoms with Gasteiger partial charge in [-0.2, -0.15) is 28.1 Å². The summed E-state index contributed by atoms with van der Waals surface area (Å²) in [5.41, 5.74) is -0.203. The van der Waals surface area contributed by atoms with Gasteiger partial charge in [0, 0.05) is 12.2 Å². The molecule has 1 fully saturated rings. The summed E-state index contributed by atoms with van der Waals surface area (Å²) in [5.74, 6) is 0.848. The average Bonchev–Trinajstić information content (AvgIpc) is 3.43. The van der Waals surface area contributed by atoms with Crippen LogP contribution in [-0.2, 0) is 6.18 Å². The Bertz CT molecular complexity index is 865. The molecule has 1 unspecified atom stereocenters. The molecule has 1 saturated carbocycles. The summed E-state index contributed by atoms with van der Waals surface area (Å²) in [6.07, 6.45) is -0.885. The molecule has 28 heavy (non-hydrogen) atoms. The van der Waals surface area contributed by atoms with Crippen LogP contribution in [0.15, 0.2) is 30.0 Å². The number of aliphatic hydroxyl groups is 1. The number of halogens is 3. The lowest BCUT2D eigenvalue weighted by atomic mass is 10.3. The second-order valence-corrected chi connectivity index (χ2v) is 6.75. The number of allylic oxidation sites excluding steroid dienone is 2. The monoisotopic (exact) mass is 394 g/mol. The fourth-order valence-electron chi connectivity index (χ4n) is 2.42. The quantitative estimate of drug-likeness (QED) is 0.662. The molecule has 0 saturated heterocycles. The normalized spacial score (nSPS) is 16.0. The van der Waals surface area contributed by atoms with E-state index < -0.39 is 18.0 Å². The molecule has 0 radical (unpaired) electrons. The molecule has 1 atom stereocenters. The zero-order valence-corrected chi connectivity index (χ0v) is 15.5. The van der Waals surface area contributed by atoms with Crippen LogP contribution in [0, 0.1) is 5.92 Å². The minimum Gasteiger partial charge on any atom is -0.392 e. The van der Waals surface area contributed by atoms with Crippen molar-refractivity contribution < 1.29 is 18.3 Å². The maximum absolute atomic E-state index is 13.0. The minimum atomic E-state index is -4.57. The van der Waals surface area contributed by atoms with Gasteiger partial charge in [-0.15, -0.1) is 0 Å². The van der Waals surface area contributed by atoms with E-state index in [-0.39, 0.29) is 30.0 Å². The van der Waals surface area contributed by atoms with Crippen LogP contribution < -0.4 is 10.6 Å². The van der Waals surface area contributed by atoms with Crippen molar-refractivity contribution in [1.29, 1.82) is 0 Å². The van der Waals surface area contributed by atoms with E-state index in [1.54, 1.807) is 6.92 Å². The molecule has 3 N–H and O–H groups in total. The number of aromatic nitrogens is 4. The van der Waals surface area contributed by atoms with Crippen LogP contribution in [0.25, 0.3) is 11.5 Å². The van der Waals surface area contributed by atoms with Crippen LogP contribution >= 0.6 is 0 Å². The van der Waals surface area contributed by atoms with Crippen LogP contribution in [0.5, 0.6) is 0 Å². The van der Waals surface area contributed by atoms with Crippen molar-refractivity contribution in [3.05, 3.63) is 35.7 Å². The Balaban J connectivity index is 1.94. The first kappa shape index (κ1) is 20.0.